The molecule has 2 saturated heterocycles. The van der Waals surface area contributed by atoms with E-state index < -0.39 is 13.1 Å². The molecule has 586 valence electrons. The van der Waals surface area contributed by atoms with Gasteiger partial charge in [-0.05, 0) is 204 Å². The van der Waals surface area contributed by atoms with Crippen LogP contribution in [0, 0.1) is 65.4 Å². The molecule has 2 aliphatic heterocycles. The number of nitrogens with two attached hydrogens (primary N) is 2. The van der Waals surface area contributed by atoms with Gasteiger partial charge in [-0.2, -0.15) is 15.5 Å². The van der Waals surface area contributed by atoms with E-state index in [0.29, 0.717) is 156 Å². The first-order valence-corrected chi connectivity index (χ1v) is 35.8. The van der Waals surface area contributed by atoms with Gasteiger partial charge in [-0.25, -0.2) is 9.69 Å². The number of hydrogen-bond donors (Lipinski definition) is 8. The summed E-state index contributed by atoms with van der Waals surface area (Å²) in [6.45, 7) is 34.5. The molecule has 2 aliphatic rings. The largest absolute Gasteiger partial charge is 2.00 e. The molecule has 2 fully saturated rings. The number of halogens is 4. The van der Waals surface area contributed by atoms with Crippen LogP contribution in [0.15, 0.2) is 180 Å². The van der Waals surface area contributed by atoms with Crippen LogP contribution in [0.4, 0.5) is 15.8 Å². The van der Waals surface area contributed by atoms with Crippen LogP contribution in [0.5, 0.6) is 28.7 Å². The fourth-order valence-electron chi connectivity index (χ4n) is 9.73. The Hall–Kier alpha value is -12.5. The van der Waals surface area contributed by atoms with E-state index in [1.807, 2.05) is 45.9 Å². The molecular formula is C78H80Br3FN16O14Zn. The SMILES string of the molecule is CCOc1ccc(-c2noc(C3CCN(C(=O)CNC(=O)c4ccccc4)CC3)n2)cc1C#N.CCOc1ccc(/C(N)=N/O)cc1Br.CCOc1ccc(/C(N)=N/O)cc1C#N.O=C(NCC(=O)N1CCC(C(=O)O)CC1)c1ccccc1.[2H]CF.[C-]#N.[C-]#N.[C-]#[N+]c1ccc(O)c(Br)c1.[C-]#[N+]c1ccc(OCC)c(Br)c1.[Zn+2]. The number of phenolic OH excluding ortho intramolecular Hbond substituents is 1. The number of alkyl halides is 1. The number of amidine groups is 2. The van der Waals surface area contributed by atoms with Gasteiger partial charge in [0.05, 0.1) is 82.7 Å². The molecule has 113 heavy (non-hydrogen) atoms. The summed E-state index contributed by atoms with van der Waals surface area (Å²) in [6.07, 6.45) is 2.31. The average molecular weight is 1790 g/mol. The van der Waals surface area contributed by atoms with E-state index in [9.17, 15) is 33.6 Å². The van der Waals surface area contributed by atoms with Crippen LogP contribution in [-0.4, -0.2) is 155 Å². The van der Waals surface area contributed by atoms with Crippen LogP contribution in [0.25, 0.3) is 21.1 Å². The molecule has 1 aromatic heterocycles. The van der Waals surface area contributed by atoms with Crippen LogP contribution in [0.1, 0.15) is 110 Å². The number of piperidine rings is 2. The molecule has 7 aromatic carbocycles. The number of ether oxygens (including phenoxy) is 4. The Morgan fingerprint density at radius 3 is 1.40 bits per heavy atom. The molecule has 3 heterocycles. The Morgan fingerprint density at radius 2 is 0.991 bits per heavy atom. The number of benzene rings is 7. The van der Waals surface area contributed by atoms with E-state index in [0.717, 1.165) is 20.4 Å². The first kappa shape index (κ1) is 96.6. The minimum Gasteiger partial charge on any atom is -0.512 e. The van der Waals surface area contributed by atoms with Gasteiger partial charge in [0.15, 0.2) is 23.0 Å². The molecule has 8 aromatic rings. The zero-order valence-corrected chi connectivity index (χ0v) is 69.5. The number of rotatable bonds is 19. The van der Waals surface area contributed by atoms with Crippen molar-refractivity contribution in [1.82, 2.24) is 30.6 Å². The predicted molar refractivity (Wildman–Crippen MR) is 422 cm³/mol. The summed E-state index contributed by atoms with van der Waals surface area (Å²) in [7, 11) is -1.00. The number of aromatic nitrogens is 2. The van der Waals surface area contributed by atoms with Crippen molar-refractivity contribution in [3.8, 4) is 52.3 Å². The van der Waals surface area contributed by atoms with Crippen molar-refractivity contribution in [2.45, 2.75) is 59.3 Å². The van der Waals surface area contributed by atoms with E-state index in [2.05, 4.69) is 94.6 Å². The van der Waals surface area contributed by atoms with Crippen molar-refractivity contribution in [2.75, 3.05) is 72.8 Å². The summed E-state index contributed by atoms with van der Waals surface area (Å²) in [6, 6.07) is 46.7. The number of aliphatic carboxylic acids is 1. The summed E-state index contributed by atoms with van der Waals surface area (Å²) in [5.41, 5.74) is 15.6. The van der Waals surface area contributed by atoms with E-state index in [1.165, 1.54) is 12.1 Å². The molecule has 10 rings (SSSR count). The number of carbonyl (C=O) groups is 5. The fourth-order valence-corrected chi connectivity index (χ4v) is 11.1. The minimum atomic E-state index is -1.00. The molecule has 0 unspecified atom stereocenters. The number of carboxylic acid groups (broad SMARTS) is 1. The van der Waals surface area contributed by atoms with Gasteiger partial charge in [0.25, 0.3) is 11.8 Å². The summed E-state index contributed by atoms with van der Waals surface area (Å²) in [5, 5.41) is 80.7. The number of oxime groups is 2. The predicted octanol–water partition coefficient (Wildman–Crippen LogP) is 13.8. The Kier molecular flexibility index (Phi) is 47.7. The Labute approximate surface area is 693 Å². The third-order valence-electron chi connectivity index (χ3n) is 15.2. The van der Waals surface area contributed by atoms with E-state index >= 15 is 0 Å². The minimum absolute atomic E-state index is 0. The number of hydrogen-bond acceptors (Lipinski definition) is 21. The number of likely N-dealkylation sites (tertiary alicyclic amines) is 2. The zero-order valence-electron chi connectivity index (χ0n) is 62.8. The number of nitriles is 2. The molecule has 10 N–H and O–H groups in total. The molecular weight excluding hydrogens is 1710 g/mol. The Balaban J connectivity index is 0.000000707. The molecule has 0 bridgehead atoms. The summed E-state index contributed by atoms with van der Waals surface area (Å²) in [5.74, 6) is 1.70. The van der Waals surface area contributed by atoms with Crippen molar-refractivity contribution in [2.24, 2.45) is 27.7 Å². The van der Waals surface area contributed by atoms with Crippen LogP contribution in [-0.2, 0) is 33.9 Å². The van der Waals surface area contributed by atoms with Crippen molar-refractivity contribution in [3.63, 3.8) is 0 Å². The maximum Gasteiger partial charge on any atom is 2.00 e. The molecule has 35 heteroatoms. The number of carbonyl (C=O) groups excluding carboxylic acids is 4. The van der Waals surface area contributed by atoms with Gasteiger partial charge in [-0.15, -0.1) is 0 Å². The second kappa shape index (κ2) is 55.8. The average Bonchev–Trinajstić information content (AvgIpc) is 1.68. The number of nitrogens with one attached hydrogen (secondary N) is 2. The third-order valence-corrected chi connectivity index (χ3v) is 17.1. The zero-order chi connectivity index (χ0) is 84.2. The monoisotopic (exact) mass is 1790 g/mol. The van der Waals surface area contributed by atoms with Gasteiger partial charge in [0.2, 0.25) is 23.5 Å². The number of aromatic hydroxyl groups is 1. The maximum absolute atomic E-state index is 12.5. The quantitative estimate of drug-likeness (QED) is 0.00930. The van der Waals surface area contributed by atoms with Gasteiger partial charge in [-0.3, -0.25) is 28.4 Å². The van der Waals surface area contributed by atoms with Gasteiger partial charge in [0.1, 0.15) is 40.9 Å². The molecule has 0 spiro atoms. The number of carboxylic acids is 1. The maximum atomic E-state index is 12.5. The van der Waals surface area contributed by atoms with Gasteiger partial charge in [-0.1, -0.05) is 64.0 Å². The second-order valence-corrected chi connectivity index (χ2v) is 24.7. The van der Waals surface area contributed by atoms with Gasteiger partial charge >= 0.3 is 25.4 Å². The van der Waals surface area contributed by atoms with Crippen molar-refractivity contribution in [1.29, 1.82) is 21.0 Å². The van der Waals surface area contributed by atoms with Crippen LogP contribution in [0.3, 0.4) is 0 Å². The normalized spacial score (nSPS) is 11.8. The van der Waals surface area contributed by atoms with Gasteiger partial charge in [0, 0.05) is 68.9 Å². The fraction of sp³-hybridized carbons (Fsp3) is 0.269. The van der Waals surface area contributed by atoms with E-state index in [-0.39, 0.29) is 85.5 Å². The topological polar surface area (TPSA) is 453 Å². The summed E-state index contributed by atoms with van der Waals surface area (Å²) < 4.78 is 44.5. The van der Waals surface area contributed by atoms with Gasteiger partial charge < -0.3 is 99.7 Å². The van der Waals surface area contributed by atoms with Crippen LogP contribution in [0.2, 0.25) is 0 Å². The molecule has 0 saturated carbocycles. The second-order valence-electron chi connectivity index (χ2n) is 22.2. The Morgan fingerprint density at radius 1 is 0.602 bits per heavy atom. The smallest absolute Gasteiger partial charge is 0.512 e. The molecule has 30 nitrogen and oxygen atoms in total. The first-order chi connectivity index (χ1) is 54.5. The van der Waals surface area contributed by atoms with Crippen LogP contribution >= 0.6 is 47.8 Å². The standard InChI is InChI=1S/C25H25N5O4.C15H18N2O4.C10H11N3O2.C9H11BrN2O2.C9H8BrNO.C7H4BrNO.CH3F.2CN.Zn/c1-2-33-21-9-8-19(14-20(21)15-26)23-28-25(34-29-23)18-10-12-30(13-11-18)22(31)16-27-24(32)17-6-4-3-5-7-17;18-13(17-8-6-12(7-9-17)15(20)21)10-16-14(19)11-4-2-1-3-5-11;1-2-15-9-4-3-7(10(12)13-14)5-8(9)6-11;1-2-14-8-4-3-6(5-7(8)10)9(11)12-13;1-3-12-9-5-4-7(11-2)6-8(9)10;1-9-5-2-3-7(10)6(8)4-5;3*1-2;/h3-9,14,18H,2,10-13,16H2,1H3,(H,27,32);1-5,12H,6-10H2,(H,16,19)(H,20,21);3-5,14H,2H2,1H3,(H2,12,13);3-5,13H,2H2,1H3,(H2,11,12);4-6H,3H2,1H3;2-4,10H;1H3;;;/q;;;;;;;2*-1;+2/i;;;;;;1D;;;. The molecule has 0 atom stereocenters. The van der Waals surface area contributed by atoms with Crippen LogP contribution < -0.4 is 41.0 Å². The molecule has 0 radical (unpaired) electrons. The molecule has 4 amide bonds. The van der Waals surface area contributed by atoms with Crippen molar-refractivity contribution >= 4 is 100 Å². The number of nitrogens with zero attached hydrogens (tertiary/aromatic N) is 12. The summed E-state index contributed by atoms with van der Waals surface area (Å²) >= 11 is 9.74. The third kappa shape index (κ3) is 33.7. The molecule has 0 aliphatic carbocycles. The van der Waals surface area contributed by atoms with E-state index in [4.69, 9.17) is 99.0 Å². The summed E-state index contributed by atoms with van der Waals surface area (Å²) in [4.78, 5) is 73.7. The first-order valence-electron chi connectivity index (χ1n) is 34.2. The Bertz CT molecular complexity index is 4640. The number of amides is 4. The van der Waals surface area contributed by atoms with Crippen molar-refractivity contribution in [3.05, 3.63) is 240 Å². The van der Waals surface area contributed by atoms with Crippen molar-refractivity contribution < 1.29 is 93.3 Å². The number of phenols is 1. The van der Waals surface area contributed by atoms with E-state index in [1.54, 1.807) is 137 Å².